The molecule has 0 amide bonds. The van der Waals surface area contributed by atoms with Crippen molar-refractivity contribution < 1.29 is 8.78 Å². The van der Waals surface area contributed by atoms with Crippen LogP contribution >= 0.6 is 23.8 Å². The lowest BCUT2D eigenvalue weighted by molar-refractivity contribution is 0.578. The van der Waals surface area contributed by atoms with E-state index in [2.05, 4.69) is 4.98 Å². The summed E-state index contributed by atoms with van der Waals surface area (Å²) in [6, 6.07) is 8.69. The molecule has 0 spiro atoms. The van der Waals surface area contributed by atoms with Gasteiger partial charge < -0.3 is 4.98 Å². The Balaban J connectivity index is 2.45. The van der Waals surface area contributed by atoms with Crippen LogP contribution in [0.5, 0.6) is 0 Å². The van der Waals surface area contributed by atoms with Crippen molar-refractivity contribution in [2.24, 2.45) is 0 Å². The molecule has 3 rings (SSSR count). The first kappa shape index (κ1) is 13.7. The first-order valence-corrected chi connectivity index (χ1v) is 6.60. The normalized spacial score (nSPS) is 10.8. The first-order valence-electron chi connectivity index (χ1n) is 5.81. The van der Waals surface area contributed by atoms with Crippen LogP contribution in [0.3, 0.4) is 0 Å². The number of nitrogens with one attached hydrogen (secondary N) is 1. The molecular formula is C14H6ClF2N3S. The highest BCUT2D eigenvalue weighted by Gasteiger charge is 2.17. The molecule has 21 heavy (non-hydrogen) atoms. The molecule has 0 aliphatic carbocycles. The molecule has 3 aromatic rings. The number of para-hydroxylation sites is 1. The van der Waals surface area contributed by atoms with Crippen molar-refractivity contribution in [1.82, 2.24) is 9.55 Å². The van der Waals surface area contributed by atoms with Crippen LogP contribution in [0.15, 0.2) is 30.3 Å². The molecule has 0 saturated heterocycles. The molecule has 104 valence electrons. The van der Waals surface area contributed by atoms with E-state index in [0.29, 0.717) is 16.6 Å². The van der Waals surface area contributed by atoms with Crippen molar-refractivity contribution in [2.75, 3.05) is 0 Å². The third kappa shape index (κ3) is 2.11. The fourth-order valence-corrected chi connectivity index (χ4v) is 2.76. The maximum Gasteiger partial charge on any atom is 0.182 e. The number of imidazole rings is 1. The number of aromatic amines is 1. The molecule has 1 aromatic heterocycles. The van der Waals surface area contributed by atoms with E-state index in [-0.39, 0.29) is 15.5 Å². The summed E-state index contributed by atoms with van der Waals surface area (Å²) in [6.07, 6.45) is 0. The van der Waals surface area contributed by atoms with Crippen LogP contribution in [-0.2, 0) is 0 Å². The van der Waals surface area contributed by atoms with Crippen molar-refractivity contribution >= 4 is 34.9 Å². The highest BCUT2D eigenvalue weighted by Crippen LogP contribution is 2.29. The summed E-state index contributed by atoms with van der Waals surface area (Å²) in [5.41, 5.74) is 1.29. The summed E-state index contributed by atoms with van der Waals surface area (Å²) in [5, 5.41) is 8.98. The van der Waals surface area contributed by atoms with Crippen molar-refractivity contribution in [1.29, 1.82) is 5.26 Å². The number of nitrogens with zero attached hydrogens (tertiary/aromatic N) is 2. The third-order valence-electron chi connectivity index (χ3n) is 3.04. The van der Waals surface area contributed by atoms with Crippen LogP contribution in [0.25, 0.3) is 16.7 Å². The molecule has 0 radical (unpaired) electrons. The van der Waals surface area contributed by atoms with Gasteiger partial charge in [-0.05, 0) is 30.4 Å². The Morgan fingerprint density at radius 2 is 2.05 bits per heavy atom. The summed E-state index contributed by atoms with van der Waals surface area (Å²) < 4.78 is 28.8. The van der Waals surface area contributed by atoms with Gasteiger partial charge >= 0.3 is 0 Å². The molecule has 1 N–H and O–H groups in total. The Labute approximate surface area is 128 Å². The number of hydrogen-bond donors (Lipinski definition) is 1. The van der Waals surface area contributed by atoms with E-state index in [1.54, 1.807) is 18.2 Å². The molecule has 1 heterocycles. The topological polar surface area (TPSA) is 44.5 Å². The van der Waals surface area contributed by atoms with Gasteiger partial charge in [0.1, 0.15) is 17.6 Å². The van der Waals surface area contributed by atoms with E-state index < -0.39 is 11.6 Å². The van der Waals surface area contributed by atoms with Crippen molar-refractivity contribution in [3.05, 3.63) is 57.3 Å². The monoisotopic (exact) mass is 321 g/mol. The molecule has 2 aromatic carbocycles. The SMILES string of the molecule is N#Cc1cccc2c1[nH]c(=S)n2-c1c(F)cc(F)cc1Cl. The maximum atomic E-state index is 14.1. The smallest absolute Gasteiger partial charge is 0.182 e. The minimum absolute atomic E-state index is 0.0515. The van der Waals surface area contributed by atoms with Gasteiger partial charge in [-0.15, -0.1) is 0 Å². The number of nitriles is 1. The average Bonchev–Trinajstić information content (AvgIpc) is 2.74. The lowest BCUT2D eigenvalue weighted by Crippen LogP contribution is -2.00. The van der Waals surface area contributed by atoms with Gasteiger partial charge in [0.25, 0.3) is 0 Å². The summed E-state index contributed by atoms with van der Waals surface area (Å²) in [7, 11) is 0. The highest BCUT2D eigenvalue weighted by molar-refractivity contribution is 7.71. The molecular weight excluding hydrogens is 316 g/mol. The van der Waals surface area contributed by atoms with Gasteiger partial charge in [-0.1, -0.05) is 17.7 Å². The van der Waals surface area contributed by atoms with Gasteiger partial charge in [0, 0.05) is 6.07 Å². The lowest BCUT2D eigenvalue weighted by atomic mass is 10.2. The van der Waals surface area contributed by atoms with Gasteiger partial charge in [-0.2, -0.15) is 5.26 Å². The van der Waals surface area contributed by atoms with Gasteiger partial charge in [-0.25, -0.2) is 8.78 Å². The van der Waals surface area contributed by atoms with E-state index in [0.717, 1.165) is 12.1 Å². The fourth-order valence-electron chi connectivity index (χ4n) is 2.19. The molecule has 0 unspecified atom stereocenters. The van der Waals surface area contributed by atoms with Crippen molar-refractivity contribution in [2.45, 2.75) is 0 Å². The zero-order chi connectivity index (χ0) is 15.1. The van der Waals surface area contributed by atoms with Crippen molar-refractivity contribution in [3.63, 3.8) is 0 Å². The first-order chi connectivity index (χ1) is 10.0. The van der Waals surface area contributed by atoms with Gasteiger partial charge in [0.15, 0.2) is 10.6 Å². The maximum absolute atomic E-state index is 14.1. The van der Waals surface area contributed by atoms with Crippen LogP contribution in [0.1, 0.15) is 5.56 Å². The zero-order valence-corrected chi connectivity index (χ0v) is 11.9. The highest BCUT2D eigenvalue weighted by atomic mass is 35.5. The van der Waals surface area contributed by atoms with E-state index in [9.17, 15) is 8.78 Å². The molecule has 3 nitrogen and oxygen atoms in total. The number of hydrogen-bond acceptors (Lipinski definition) is 2. The number of H-pyrrole nitrogens is 1. The Bertz CT molecular complexity index is 945. The van der Waals surface area contributed by atoms with Crippen LogP contribution in [0.2, 0.25) is 5.02 Å². The molecule has 0 aliphatic heterocycles. The average molecular weight is 322 g/mol. The standard InChI is InChI=1S/C14H6ClF2N3S/c15-9-4-8(16)5-10(17)13(9)20-11-3-1-2-7(6-18)12(11)19-14(20)21/h1-5H,(H,19,21). The van der Waals surface area contributed by atoms with Gasteiger partial charge in [0.2, 0.25) is 0 Å². The van der Waals surface area contributed by atoms with Gasteiger partial charge in [-0.3, -0.25) is 4.57 Å². The van der Waals surface area contributed by atoms with E-state index >= 15 is 0 Å². The second-order valence-electron chi connectivity index (χ2n) is 4.30. The van der Waals surface area contributed by atoms with Crippen LogP contribution in [0.4, 0.5) is 8.78 Å². The summed E-state index contributed by atoms with van der Waals surface area (Å²) in [6.45, 7) is 0. The number of aromatic nitrogens is 2. The molecule has 0 fully saturated rings. The second-order valence-corrected chi connectivity index (χ2v) is 5.09. The lowest BCUT2D eigenvalue weighted by Gasteiger charge is -2.08. The molecule has 0 atom stereocenters. The number of fused-ring (bicyclic) bond motifs is 1. The van der Waals surface area contributed by atoms with Crippen LogP contribution in [0, 0.1) is 27.7 Å². The number of rotatable bonds is 1. The third-order valence-corrected chi connectivity index (χ3v) is 3.62. The second kappa shape index (κ2) is 4.95. The van der Waals surface area contributed by atoms with Crippen molar-refractivity contribution in [3.8, 4) is 11.8 Å². The summed E-state index contributed by atoms with van der Waals surface area (Å²) in [5.74, 6) is -1.61. The minimum Gasteiger partial charge on any atom is -0.329 e. The molecule has 0 bridgehead atoms. The Morgan fingerprint density at radius 3 is 2.71 bits per heavy atom. The van der Waals surface area contributed by atoms with Crippen LogP contribution in [-0.4, -0.2) is 9.55 Å². The van der Waals surface area contributed by atoms with Crippen LogP contribution < -0.4 is 0 Å². The zero-order valence-electron chi connectivity index (χ0n) is 10.3. The van der Waals surface area contributed by atoms with E-state index in [1.165, 1.54) is 4.57 Å². The van der Waals surface area contributed by atoms with E-state index in [4.69, 9.17) is 29.1 Å². The largest absolute Gasteiger partial charge is 0.329 e. The Morgan fingerprint density at radius 1 is 1.29 bits per heavy atom. The number of halogens is 3. The predicted molar refractivity (Wildman–Crippen MR) is 78.1 cm³/mol. The minimum atomic E-state index is -0.834. The summed E-state index contributed by atoms with van der Waals surface area (Å²) >= 11 is 11.1. The number of benzene rings is 2. The molecule has 0 saturated carbocycles. The van der Waals surface area contributed by atoms with Gasteiger partial charge in [0.05, 0.1) is 21.6 Å². The molecule has 0 aliphatic rings. The summed E-state index contributed by atoms with van der Waals surface area (Å²) in [4.78, 5) is 2.85. The Kier molecular flexibility index (Phi) is 3.24. The fraction of sp³-hybridized carbons (Fsp3) is 0. The quantitative estimate of drug-likeness (QED) is 0.671. The Hall–Kier alpha value is -2.23. The predicted octanol–water partition coefficient (Wildman–Crippen LogP) is 4.49. The molecule has 7 heteroatoms. The van der Waals surface area contributed by atoms with E-state index in [1.807, 2.05) is 6.07 Å².